The van der Waals surface area contributed by atoms with E-state index in [4.69, 9.17) is 16.0 Å². The van der Waals surface area contributed by atoms with E-state index in [1.54, 1.807) is 0 Å². The number of benzene rings is 3. The van der Waals surface area contributed by atoms with Gasteiger partial charge in [0, 0.05) is 21.2 Å². The number of nitrogens with one attached hydrogen (secondary N) is 1. The molecule has 4 nitrogen and oxygen atoms in total. The highest BCUT2D eigenvalue weighted by molar-refractivity contribution is 8.00. The van der Waals surface area contributed by atoms with Crippen LogP contribution in [-0.2, 0) is 4.79 Å². The molecule has 0 aliphatic carbocycles. The maximum atomic E-state index is 12.4. The van der Waals surface area contributed by atoms with Crippen LogP contribution in [0.5, 0.6) is 0 Å². The van der Waals surface area contributed by atoms with Gasteiger partial charge in [-0.15, -0.1) is 11.8 Å². The van der Waals surface area contributed by atoms with E-state index in [2.05, 4.69) is 10.3 Å². The van der Waals surface area contributed by atoms with Crippen molar-refractivity contribution in [3.05, 3.63) is 77.3 Å². The topological polar surface area (TPSA) is 55.1 Å². The van der Waals surface area contributed by atoms with Crippen LogP contribution in [0.4, 0.5) is 5.69 Å². The fraction of sp³-hybridized carbons (Fsp3) is 0.0909. The van der Waals surface area contributed by atoms with Gasteiger partial charge in [-0.05, 0) is 61.0 Å². The number of nitrogens with zero attached hydrogens (tertiary/aromatic N) is 1. The van der Waals surface area contributed by atoms with Gasteiger partial charge in [0.15, 0.2) is 5.58 Å². The zero-order valence-electron chi connectivity index (χ0n) is 15.1. The van der Waals surface area contributed by atoms with Crippen LogP contribution >= 0.6 is 23.4 Å². The monoisotopic (exact) mass is 408 g/mol. The third-order valence-electron chi connectivity index (χ3n) is 4.24. The standard InChI is InChI=1S/C22H17ClN2O2S/c1-14-6-7-15(22-25-18-4-2-3-5-20(18)27-22)12-19(14)24-21(26)13-28-17-10-8-16(23)9-11-17/h2-12H,13H2,1H3,(H,24,26). The van der Waals surface area contributed by atoms with Gasteiger partial charge in [-0.1, -0.05) is 29.8 Å². The molecule has 6 heteroatoms. The number of carbonyl (C=O) groups is 1. The summed E-state index contributed by atoms with van der Waals surface area (Å²) in [5.41, 5.74) is 4.10. The van der Waals surface area contributed by atoms with Crippen molar-refractivity contribution in [2.24, 2.45) is 0 Å². The Morgan fingerprint density at radius 2 is 1.89 bits per heavy atom. The number of amides is 1. The number of halogens is 1. The molecule has 1 aromatic heterocycles. The van der Waals surface area contributed by atoms with E-state index in [-0.39, 0.29) is 5.91 Å². The van der Waals surface area contributed by atoms with Crippen molar-refractivity contribution in [1.82, 2.24) is 4.98 Å². The van der Waals surface area contributed by atoms with Gasteiger partial charge in [0.25, 0.3) is 0 Å². The predicted octanol–water partition coefficient (Wildman–Crippen LogP) is 6.19. The SMILES string of the molecule is Cc1ccc(-c2nc3ccccc3o2)cc1NC(=O)CSc1ccc(Cl)cc1. The molecule has 0 aliphatic heterocycles. The van der Waals surface area contributed by atoms with Crippen LogP contribution in [0.3, 0.4) is 0 Å². The largest absolute Gasteiger partial charge is 0.436 e. The Labute approximate surface area is 171 Å². The molecule has 0 aliphatic rings. The molecule has 28 heavy (non-hydrogen) atoms. The Morgan fingerprint density at radius 3 is 2.68 bits per heavy atom. The number of fused-ring (bicyclic) bond motifs is 1. The van der Waals surface area contributed by atoms with Crippen LogP contribution in [0, 0.1) is 6.92 Å². The second-order valence-electron chi connectivity index (χ2n) is 6.31. The fourth-order valence-electron chi connectivity index (χ4n) is 2.75. The number of aromatic nitrogens is 1. The lowest BCUT2D eigenvalue weighted by atomic mass is 10.1. The number of carbonyl (C=O) groups excluding carboxylic acids is 1. The lowest BCUT2D eigenvalue weighted by molar-refractivity contribution is -0.113. The van der Waals surface area contributed by atoms with Crippen molar-refractivity contribution < 1.29 is 9.21 Å². The Hall–Kier alpha value is -2.76. The van der Waals surface area contributed by atoms with E-state index in [0.29, 0.717) is 16.7 Å². The molecule has 0 atom stereocenters. The van der Waals surface area contributed by atoms with Gasteiger partial charge in [0.05, 0.1) is 5.75 Å². The molecule has 1 amide bonds. The maximum Gasteiger partial charge on any atom is 0.234 e. The average Bonchev–Trinajstić information content (AvgIpc) is 3.13. The van der Waals surface area contributed by atoms with E-state index in [0.717, 1.165) is 32.8 Å². The van der Waals surface area contributed by atoms with E-state index in [9.17, 15) is 4.79 Å². The lowest BCUT2D eigenvalue weighted by Crippen LogP contribution is -2.14. The Balaban J connectivity index is 1.49. The number of aryl methyl sites for hydroxylation is 1. The smallest absolute Gasteiger partial charge is 0.234 e. The second-order valence-corrected chi connectivity index (χ2v) is 7.79. The summed E-state index contributed by atoms with van der Waals surface area (Å²) >= 11 is 7.35. The number of oxazole rings is 1. The summed E-state index contributed by atoms with van der Waals surface area (Å²) in [5, 5.41) is 3.66. The van der Waals surface area contributed by atoms with Crippen LogP contribution in [0.15, 0.2) is 76.0 Å². The van der Waals surface area contributed by atoms with Gasteiger partial charge in [-0.2, -0.15) is 0 Å². The summed E-state index contributed by atoms with van der Waals surface area (Å²) < 4.78 is 5.83. The molecule has 0 saturated heterocycles. The third-order valence-corrected chi connectivity index (χ3v) is 5.50. The minimum Gasteiger partial charge on any atom is -0.436 e. The summed E-state index contributed by atoms with van der Waals surface area (Å²) in [4.78, 5) is 17.9. The van der Waals surface area contributed by atoms with Gasteiger partial charge in [-0.3, -0.25) is 4.79 Å². The highest BCUT2D eigenvalue weighted by atomic mass is 35.5. The first kappa shape index (κ1) is 18.6. The molecule has 4 rings (SSSR count). The van der Waals surface area contributed by atoms with Crippen LogP contribution in [-0.4, -0.2) is 16.6 Å². The molecular formula is C22H17ClN2O2S. The van der Waals surface area contributed by atoms with Crippen molar-refractivity contribution in [2.75, 3.05) is 11.1 Å². The molecular weight excluding hydrogens is 392 g/mol. The first-order valence-electron chi connectivity index (χ1n) is 8.73. The first-order chi connectivity index (χ1) is 13.6. The summed E-state index contributed by atoms with van der Waals surface area (Å²) in [6.07, 6.45) is 0. The zero-order valence-corrected chi connectivity index (χ0v) is 16.7. The average molecular weight is 409 g/mol. The maximum absolute atomic E-state index is 12.4. The quantitative estimate of drug-likeness (QED) is 0.400. The van der Waals surface area contributed by atoms with Gasteiger partial charge >= 0.3 is 0 Å². The lowest BCUT2D eigenvalue weighted by Gasteiger charge is -2.09. The highest BCUT2D eigenvalue weighted by Gasteiger charge is 2.11. The number of anilines is 1. The molecule has 0 radical (unpaired) electrons. The van der Waals surface area contributed by atoms with Gasteiger partial charge < -0.3 is 9.73 Å². The number of hydrogen-bond donors (Lipinski definition) is 1. The van der Waals surface area contributed by atoms with Crippen LogP contribution in [0.1, 0.15) is 5.56 Å². The van der Waals surface area contributed by atoms with Crippen molar-refractivity contribution in [3.63, 3.8) is 0 Å². The molecule has 0 bridgehead atoms. The number of hydrogen-bond acceptors (Lipinski definition) is 4. The van der Waals surface area contributed by atoms with Gasteiger partial charge in [0.2, 0.25) is 11.8 Å². The molecule has 140 valence electrons. The highest BCUT2D eigenvalue weighted by Crippen LogP contribution is 2.28. The number of thioether (sulfide) groups is 1. The minimum absolute atomic E-state index is 0.0715. The third kappa shape index (κ3) is 4.21. The van der Waals surface area contributed by atoms with Crippen molar-refractivity contribution in [2.45, 2.75) is 11.8 Å². The van der Waals surface area contributed by atoms with E-state index >= 15 is 0 Å². The Morgan fingerprint density at radius 1 is 1.11 bits per heavy atom. The van der Waals surface area contributed by atoms with E-state index in [1.807, 2.05) is 73.7 Å². The Kier molecular flexibility index (Phi) is 5.37. The van der Waals surface area contributed by atoms with Crippen molar-refractivity contribution in [3.8, 4) is 11.5 Å². The summed E-state index contributed by atoms with van der Waals surface area (Å²) in [7, 11) is 0. The van der Waals surface area contributed by atoms with E-state index in [1.165, 1.54) is 11.8 Å². The van der Waals surface area contributed by atoms with Crippen LogP contribution in [0.25, 0.3) is 22.6 Å². The molecule has 0 saturated carbocycles. The normalized spacial score (nSPS) is 10.9. The molecule has 1 heterocycles. The second kappa shape index (κ2) is 8.09. The molecule has 3 aromatic carbocycles. The van der Waals surface area contributed by atoms with Gasteiger partial charge in [-0.25, -0.2) is 4.98 Å². The molecule has 1 N–H and O–H groups in total. The molecule has 0 spiro atoms. The van der Waals surface area contributed by atoms with Crippen LogP contribution in [0.2, 0.25) is 5.02 Å². The number of para-hydroxylation sites is 2. The first-order valence-corrected chi connectivity index (χ1v) is 10.1. The number of rotatable bonds is 5. The van der Waals surface area contributed by atoms with Crippen LogP contribution < -0.4 is 5.32 Å². The molecule has 0 unspecified atom stereocenters. The Bertz CT molecular complexity index is 1110. The van der Waals surface area contributed by atoms with E-state index < -0.39 is 0 Å². The predicted molar refractivity (Wildman–Crippen MR) is 115 cm³/mol. The summed E-state index contributed by atoms with van der Waals surface area (Å²) in [5.74, 6) is 0.777. The van der Waals surface area contributed by atoms with Crippen molar-refractivity contribution >= 4 is 46.1 Å². The van der Waals surface area contributed by atoms with Gasteiger partial charge in [0.1, 0.15) is 5.52 Å². The van der Waals surface area contributed by atoms with Crippen molar-refractivity contribution in [1.29, 1.82) is 0 Å². The molecule has 0 fully saturated rings. The minimum atomic E-state index is -0.0715. The summed E-state index contributed by atoms with van der Waals surface area (Å²) in [6.45, 7) is 1.96. The fourth-order valence-corrected chi connectivity index (χ4v) is 3.58. The zero-order chi connectivity index (χ0) is 19.5. The summed E-state index contributed by atoms with van der Waals surface area (Å²) in [6, 6.07) is 20.9. The molecule has 4 aromatic rings.